The smallest absolute Gasteiger partial charge is 0.246 e. The average Bonchev–Trinajstić information content (AvgIpc) is 2.76. The fourth-order valence-corrected chi connectivity index (χ4v) is 4.28. The first kappa shape index (κ1) is 16.8. The van der Waals surface area contributed by atoms with Crippen molar-refractivity contribution in [3.8, 4) is 5.75 Å². The molecule has 0 atom stereocenters. The van der Waals surface area contributed by atoms with Crippen LogP contribution in [-0.2, 0) is 14.8 Å². The number of amides is 1. The van der Waals surface area contributed by atoms with Crippen LogP contribution in [0, 0.1) is 0 Å². The molecule has 1 aliphatic heterocycles. The second-order valence-electron chi connectivity index (χ2n) is 5.37. The van der Waals surface area contributed by atoms with Gasteiger partial charge in [-0.15, -0.1) is 0 Å². The van der Waals surface area contributed by atoms with Gasteiger partial charge in [-0.05, 0) is 31.0 Å². The summed E-state index contributed by atoms with van der Waals surface area (Å²) in [7, 11) is -2.19. The molecule has 0 unspecified atom stereocenters. The Morgan fingerprint density at radius 1 is 1.18 bits per heavy atom. The van der Waals surface area contributed by atoms with Crippen LogP contribution in [0.2, 0.25) is 0 Å². The number of sulfonamides is 1. The molecule has 0 saturated carbocycles. The molecule has 6 nitrogen and oxygen atoms in total. The molecule has 2 rings (SSSR count). The minimum Gasteiger partial charge on any atom is -0.495 e. The van der Waals surface area contributed by atoms with Gasteiger partial charge in [-0.3, -0.25) is 4.79 Å². The van der Waals surface area contributed by atoms with Gasteiger partial charge in [0, 0.05) is 25.7 Å². The van der Waals surface area contributed by atoms with E-state index in [0.717, 1.165) is 25.7 Å². The summed E-state index contributed by atoms with van der Waals surface area (Å²) in [5.74, 6) is 0.0432. The van der Waals surface area contributed by atoms with Gasteiger partial charge in [-0.1, -0.05) is 12.8 Å². The molecule has 1 N–H and O–H groups in total. The van der Waals surface area contributed by atoms with E-state index >= 15 is 0 Å². The van der Waals surface area contributed by atoms with Crippen LogP contribution in [-0.4, -0.2) is 38.8 Å². The van der Waals surface area contributed by atoms with Crippen LogP contribution >= 0.6 is 0 Å². The number of carbonyl (C=O) groups is 1. The average molecular weight is 326 g/mol. The molecule has 7 heteroatoms. The maximum atomic E-state index is 12.9. The minimum atomic E-state index is -3.63. The second-order valence-corrected chi connectivity index (χ2v) is 7.27. The first-order chi connectivity index (χ1) is 10.4. The fourth-order valence-electron chi connectivity index (χ4n) is 2.58. The zero-order valence-electron chi connectivity index (χ0n) is 13.0. The molecule has 1 aliphatic rings. The van der Waals surface area contributed by atoms with Crippen LogP contribution in [0.5, 0.6) is 5.75 Å². The van der Waals surface area contributed by atoms with E-state index in [0.29, 0.717) is 24.5 Å². The maximum absolute atomic E-state index is 12.9. The maximum Gasteiger partial charge on any atom is 0.246 e. The van der Waals surface area contributed by atoms with Gasteiger partial charge in [0.05, 0.1) is 7.11 Å². The summed E-state index contributed by atoms with van der Waals surface area (Å²) in [6, 6.07) is 4.65. The lowest BCUT2D eigenvalue weighted by Gasteiger charge is -2.21. The number of benzene rings is 1. The van der Waals surface area contributed by atoms with Crippen molar-refractivity contribution in [3.05, 3.63) is 18.2 Å². The molecule has 0 bridgehead atoms. The van der Waals surface area contributed by atoms with E-state index in [-0.39, 0.29) is 10.8 Å². The van der Waals surface area contributed by atoms with Crippen LogP contribution < -0.4 is 10.1 Å². The first-order valence-corrected chi connectivity index (χ1v) is 8.85. The Morgan fingerprint density at radius 2 is 1.82 bits per heavy atom. The molecule has 1 aromatic carbocycles. The van der Waals surface area contributed by atoms with Gasteiger partial charge in [0.1, 0.15) is 10.6 Å². The highest BCUT2D eigenvalue weighted by molar-refractivity contribution is 7.89. The van der Waals surface area contributed by atoms with Crippen molar-refractivity contribution in [3.63, 3.8) is 0 Å². The molecule has 0 spiro atoms. The summed E-state index contributed by atoms with van der Waals surface area (Å²) in [6.07, 6.45) is 3.84. The number of ether oxygens (including phenoxy) is 1. The molecular formula is C15H22N2O4S. The highest BCUT2D eigenvalue weighted by Crippen LogP contribution is 2.30. The van der Waals surface area contributed by atoms with Gasteiger partial charge in [0.25, 0.3) is 0 Å². The van der Waals surface area contributed by atoms with E-state index in [2.05, 4.69) is 5.32 Å². The number of hydrogen-bond donors (Lipinski definition) is 1. The Morgan fingerprint density at radius 3 is 2.36 bits per heavy atom. The highest BCUT2D eigenvalue weighted by atomic mass is 32.2. The largest absolute Gasteiger partial charge is 0.495 e. The van der Waals surface area contributed by atoms with Gasteiger partial charge < -0.3 is 10.1 Å². The number of rotatable bonds is 4. The van der Waals surface area contributed by atoms with E-state index in [4.69, 9.17) is 4.74 Å². The van der Waals surface area contributed by atoms with E-state index in [1.807, 2.05) is 0 Å². The summed E-state index contributed by atoms with van der Waals surface area (Å²) in [6.45, 7) is 2.43. The lowest BCUT2D eigenvalue weighted by Crippen LogP contribution is -2.32. The topological polar surface area (TPSA) is 75.7 Å². The van der Waals surface area contributed by atoms with Gasteiger partial charge >= 0.3 is 0 Å². The van der Waals surface area contributed by atoms with Crippen LogP contribution in [0.4, 0.5) is 5.69 Å². The lowest BCUT2D eigenvalue weighted by atomic mass is 10.2. The van der Waals surface area contributed by atoms with E-state index in [9.17, 15) is 13.2 Å². The lowest BCUT2D eigenvalue weighted by molar-refractivity contribution is -0.114. The van der Waals surface area contributed by atoms with Crippen molar-refractivity contribution in [2.75, 3.05) is 25.5 Å². The highest BCUT2D eigenvalue weighted by Gasteiger charge is 2.28. The minimum absolute atomic E-state index is 0.100. The molecule has 22 heavy (non-hydrogen) atoms. The normalized spacial score (nSPS) is 16.8. The number of nitrogens with zero attached hydrogens (tertiary/aromatic N) is 1. The molecule has 1 aromatic rings. The second kappa shape index (κ2) is 7.11. The SMILES string of the molecule is COc1ccc(NC(C)=O)cc1S(=O)(=O)N1CCCCCC1. The Labute approximate surface area is 131 Å². The molecule has 122 valence electrons. The zero-order valence-corrected chi connectivity index (χ0v) is 13.8. The Bertz CT molecular complexity index is 635. The number of methoxy groups -OCH3 is 1. The van der Waals surface area contributed by atoms with Crippen molar-refractivity contribution in [1.82, 2.24) is 4.31 Å². The Kier molecular flexibility index (Phi) is 5.42. The van der Waals surface area contributed by atoms with Gasteiger partial charge in [-0.25, -0.2) is 8.42 Å². The monoisotopic (exact) mass is 326 g/mol. The molecular weight excluding hydrogens is 304 g/mol. The molecule has 1 heterocycles. The van der Waals surface area contributed by atoms with Crippen molar-refractivity contribution in [2.24, 2.45) is 0 Å². The van der Waals surface area contributed by atoms with Crippen LogP contribution in [0.1, 0.15) is 32.6 Å². The van der Waals surface area contributed by atoms with Crippen LogP contribution in [0.15, 0.2) is 23.1 Å². The standard InChI is InChI=1S/C15H22N2O4S/c1-12(18)16-13-7-8-14(21-2)15(11-13)22(19,20)17-9-5-3-4-6-10-17/h7-8,11H,3-6,9-10H2,1-2H3,(H,16,18). The van der Waals surface area contributed by atoms with Crippen molar-refractivity contribution < 1.29 is 17.9 Å². The third-order valence-corrected chi connectivity index (χ3v) is 5.59. The predicted octanol–water partition coefficient (Wildman–Crippen LogP) is 2.22. The van der Waals surface area contributed by atoms with Crippen LogP contribution in [0.3, 0.4) is 0 Å². The summed E-state index contributed by atoms with van der Waals surface area (Å²) >= 11 is 0. The number of anilines is 1. The molecule has 0 aromatic heterocycles. The molecule has 0 aliphatic carbocycles. The quantitative estimate of drug-likeness (QED) is 0.920. The van der Waals surface area contributed by atoms with Gasteiger partial charge in [0.2, 0.25) is 15.9 Å². The molecule has 1 amide bonds. The number of nitrogens with one attached hydrogen (secondary N) is 1. The van der Waals surface area contributed by atoms with E-state index in [1.54, 1.807) is 12.1 Å². The van der Waals surface area contributed by atoms with Crippen molar-refractivity contribution in [2.45, 2.75) is 37.5 Å². The Balaban J connectivity index is 2.40. The summed E-state index contributed by atoms with van der Waals surface area (Å²) < 4.78 is 32.5. The number of hydrogen-bond acceptors (Lipinski definition) is 4. The van der Waals surface area contributed by atoms with Gasteiger partial charge in [-0.2, -0.15) is 4.31 Å². The molecule has 1 saturated heterocycles. The van der Waals surface area contributed by atoms with Crippen molar-refractivity contribution in [1.29, 1.82) is 0 Å². The summed E-state index contributed by atoms with van der Waals surface area (Å²) in [4.78, 5) is 11.3. The molecule has 0 radical (unpaired) electrons. The van der Waals surface area contributed by atoms with E-state index < -0.39 is 10.0 Å². The number of carbonyl (C=O) groups excluding carboxylic acids is 1. The van der Waals surface area contributed by atoms with Gasteiger partial charge in [0.15, 0.2) is 0 Å². The van der Waals surface area contributed by atoms with Crippen molar-refractivity contribution >= 4 is 21.6 Å². The zero-order chi connectivity index (χ0) is 16.2. The van der Waals surface area contributed by atoms with E-state index in [1.165, 1.54) is 24.4 Å². The van der Waals surface area contributed by atoms with Crippen LogP contribution in [0.25, 0.3) is 0 Å². The predicted molar refractivity (Wildman–Crippen MR) is 84.5 cm³/mol. The Hall–Kier alpha value is -1.60. The summed E-state index contributed by atoms with van der Waals surface area (Å²) in [5, 5.41) is 2.61. The fraction of sp³-hybridized carbons (Fsp3) is 0.533. The third kappa shape index (κ3) is 3.78. The first-order valence-electron chi connectivity index (χ1n) is 7.41. The third-order valence-electron chi connectivity index (χ3n) is 3.67. The molecule has 1 fully saturated rings. The summed E-state index contributed by atoms with van der Waals surface area (Å²) in [5.41, 5.74) is 0.446.